The average molecular weight is 566 g/mol. The van der Waals surface area contributed by atoms with Crippen molar-refractivity contribution >= 4 is 15.7 Å². The van der Waals surface area contributed by atoms with Crippen molar-refractivity contribution in [1.82, 2.24) is 20.4 Å². The Morgan fingerprint density at radius 1 is 1.00 bits per heavy atom. The zero-order valence-corrected chi connectivity index (χ0v) is 22.4. The molecule has 2 aliphatic rings. The summed E-state index contributed by atoms with van der Waals surface area (Å²) < 4.78 is 56.7. The van der Waals surface area contributed by atoms with E-state index < -0.39 is 20.9 Å². The SMILES string of the molecule is Nc1ncc(-c2ccc(S(=O)(=O)C3CCOC3)cc2)nc1-c1cc(-c2ccc(CNC3CCOC3)cc2F)no1. The van der Waals surface area contributed by atoms with E-state index in [9.17, 15) is 12.8 Å². The Morgan fingerprint density at radius 3 is 2.52 bits per heavy atom. The van der Waals surface area contributed by atoms with Crippen molar-refractivity contribution in [3.63, 3.8) is 0 Å². The maximum atomic E-state index is 15.0. The van der Waals surface area contributed by atoms with Crippen molar-refractivity contribution in [2.24, 2.45) is 0 Å². The quantitative estimate of drug-likeness (QED) is 0.325. The predicted octanol–water partition coefficient (Wildman–Crippen LogP) is 3.63. The number of sulfone groups is 1. The van der Waals surface area contributed by atoms with Gasteiger partial charge < -0.3 is 25.0 Å². The van der Waals surface area contributed by atoms with Crippen LogP contribution in [0.25, 0.3) is 34.0 Å². The molecule has 2 aliphatic heterocycles. The van der Waals surface area contributed by atoms with Crippen molar-refractivity contribution in [3.05, 3.63) is 66.1 Å². The van der Waals surface area contributed by atoms with Crippen LogP contribution in [-0.2, 0) is 25.9 Å². The summed E-state index contributed by atoms with van der Waals surface area (Å²) in [5.41, 5.74) is 8.85. The van der Waals surface area contributed by atoms with E-state index in [1.54, 1.807) is 36.4 Å². The molecule has 0 aliphatic carbocycles. The normalized spacial score (nSPS) is 19.3. The molecular weight excluding hydrogens is 537 g/mol. The molecule has 4 heterocycles. The largest absolute Gasteiger partial charge is 0.382 e. The molecule has 2 aromatic heterocycles. The van der Waals surface area contributed by atoms with Crippen LogP contribution in [-0.4, -0.2) is 61.3 Å². The number of rotatable bonds is 8. The smallest absolute Gasteiger partial charge is 0.189 e. The minimum absolute atomic E-state index is 0.115. The number of benzene rings is 2. The first kappa shape index (κ1) is 26.5. The zero-order chi connectivity index (χ0) is 27.7. The van der Waals surface area contributed by atoms with Gasteiger partial charge in [0.2, 0.25) is 0 Å². The fourth-order valence-electron chi connectivity index (χ4n) is 4.83. The first-order chi connectivity index (χ1) is 19.4. The van der Waals surface area contributed by atoms with Gasteiger partial charge in [0, 0.05) is 43.0 Å². The maximum absolute atomic E-state index is 15.0. The second kappa shape index (κ2) is 11.0. The summed E-state index contributed by atoms with van der Waals surface area (Å²) in [6.45, 7) is 2.60. The van der Waals surface area contributed by atoms with E-state index in [4.69, 9.17) is 19.7 Å². The third-order valence-electron chi connectivity index (χ3n) is 7.18. The molecule has 3 N–H and O–H groups in total. The molecule has 2 aromatic carbocycles. The summed E-state index contributed by atoms with van der Waals surface area (Å²) in [5, 5.41) is 6.87. The highest BCUT2D eigenvalue weighted by molar-refractivity contribution is 7.92. The minimum Gasteiger partial charge on any atom is -0.382 e. The lowest BCUT2D eigenvalue weighted by Gasteiger charge is -2.11. The second-order valence-electron chi connectivity index (χ2n) is 9.88. The molecule has 0 saturated carbocycles. The molecule has 0 amide bonds. The van der Waals surface area contributed by atoms with E-state index in [0.717, 1.165) is 18.6 Å². The molecule has 2 unspecified atom stereocenters. The standard InChI is InChI=1S/C28H28FN5O5S/c29-23-11-17(13-31-19-7-9-37-15-19)1-6-22(23)24-12-26(39-34-24)27-28(30)32-14-25(33-27)18-2-4-20(5-3-18)40(35,36)21-8-10-38-16-21/h1-6,11-12,14,19,21,31H,7-10,13,15-16H2,(H2,30,32). The topological polar surface area (TPSA) is 142 Å². The number of nitrogens with one attached hydrogen (secondary N) is 1. The summed E-state index contributed by atoms with van der Waals surface area (Å²) in [4.78, 5) is 9.05. The van der Waals surface area contributed by atoms with E-state index >= 15 is 0 Å². The molecule has 10 nitrogen and oxygen atoms in total. The Hall–Kier alpha value is -3.71. The molecule has 0 bridgehead atoms. The lowest BCUT2D eigenvalue weighted by molar-refractivity contribution is 0.190. The number of halogens is 1. The molecule has 6 rings (SSSR count). The fraction of sp³-hybridized carbons (Fsp3) is 0.321. The lowest BCUT2D eigenvalue weighted by Crippen LogP contribution is -2.28. The van der Waals surface area contributed by atoms with Crippen molar-refractivity contribution in [2.45, 2.75) is 35.6 Å². The van der Waals surface area contributed by atoms with Crippen molar-refractivity contribution in [3.8, 4) is 34.0 Å². The molecule has 0 spiro atoms. The number of nitrogens with two attached hydrogens (primary N) is 1. The van der Waals surface area contributed by atoms with Crippen LogP contribution in [0.2, 0.25) is 0 Å². The molecule has 0 radical (unpaired) electrons. The van der Waals surface area contributed by atoms with Gasteiger partial charge in [0.05, 0.1) is 35.2 Å². The molecular formula is C28H28FN5O5S. The van der Waals surface area contributed by atoms with Gasteiger partial charge in [-0.05, 0) is 42.7 Å². The number of anilines is 1. The Morgan fingerprint density at radius 2 is 1.80 bits per heavy atom. The maximum Gasteiger partial charge on any atom is 0.189 e. The Kier molecular flexibility index (Phi) is 7.32. The van der Waals surface area contributed by atoms with Gasteiger partial charge in [-0.25, -0.2) is 22.8 Å². The van der Waals surface area contributed by atoms with E-state index in [2.05, 4.69) is 20.4 Å². The highest BCUT2D eigenvalue weighted by Gasteiger charge is 2.31. The van der Waals surface area contributed by atoms with Gasteiger partial charge in [0.1, 0.15) is 11.5 Å². The Labute approximate surface area is 230 Å². The van der Waals surface area contributed by atoms with Gasteiger partial charge in [-0.15, -0.1) is 0 Å². The van der Waals surface area contributed by atoms with E-state index in [1.807, 2.05) is 6.07 Å². The molecule has 2 saturated heterocycles. The second-order valence-corrected chi connectivity index (χ2v) is 12.1. The van der Waals surface area contributed by atoms with Gasteiger partial charge in [0.25, 0.3) is 0 Å². The molecule has 2 fully saturated rings. The molecule has 12 heteroatoms. The fourth-order valence-corrected chi connectivity index (χ4v) is 6.41. The van der Waals surface area contributed by atoms with Crippen LogP contribution >= 0.6 is 0 Å². The first-order valence-electron chi connectivity index (χ1n) is 13.0. The van der Waals surface area contributed by atoms with E-state index in [1.165, 1.54) is 12.3 Å². The van der Waals surface area contributed by atoms with Crippen molar-refractivity contribution in [2.75, 3.05) is 32.2 Å². The highest BCUT2D eigenvalue weighted by atomic mass is 32.2. The molecule has 40 heavy (non-hydrogen) atoms. The van der Waals surface area contributed by atoms with E-state index in [0.29, 0.717) is 43.1 Å². The molecule has 2 atom stereocenters. The summed E-state index contributed by atoms with van der Waals surface area (Å²) in [6.07, 6.45) is 2.92. The zero-order valence-electron chi connectivity index (χ0n) is 21.5. The van der Waals surface area contributed by atoms with Crippen LogP contribution in [0.3, 0.4) is 0 Å². The minimum atomic E-state index is -3.48. The van der Waals surface area contributed by atoms with Gasteiger partial charge in [-0.1, -0.05) is 23.4 Å². The van der Waals surface area contributed by atoms with Crippen molar-refractivity contribution < 1.29 is 26.8 Å². The lowest BCUT2D eigenvalue weighted by atomic mass is 10.1. The highest BCUT2D eigenvalue weighted by Crippen LogP contribution is 2.31. The van der Waals surface area contributed by atoms with Gasteiger partial charge in [-0.2, -0.15) is 0 Å². The summed E-state index contributed by atoms with van der Waals surface area (Å²) in [6, 6.07) is 13.3. The third-order valence-corrected chi connectivity index (χ3v) is 9.36. The number of ether oxygens (including phenoxy) is 2. The van der Waals surface area contributed by atoms with Crippen LogP contribution in [0.4, 0.5) is 10.2 Å². The summed E-state index contributed by atoms with van der Waals surface area (Å²) in [5.74, 6) is -0.0767. The summed E-state index contributed by atoms with van der Waals surface area (Å²) >= 11 is 0. The number of nitrogens with zero attached hydrogens (tertiary/aromatic N) is 3. The van der Waals surface area contributed by atoms with Gasteiger partial charge in [0.15, 0.2) is 27.1 Å². The Balaban J connectivity index is 1.21. The monoisotopic (exact) mass is 565 g/mol. The third kappa shape index (κ3) is 5.35. The van der Waals surface area contributed by atoms with Crippen LogP contribution in [0, 0.1) is 5.82 Å². The molecule has 208 valence electrons. The molecule has 4 aromatic rings. The number of aromatic nitrogens is 3. The van der Waals surface area contributed by atoms with Crippen LogP contribution in [0.1, 0.15) is 18.4 Å². The van der Waals surface area contributed by atoms with Crippen LogP contribution in [0.5, 0.6) is 0 Å². The van der Waals surface area contributed by atoms with Crippen LogP contribution < -0.4 is 11.1 Å². The Bertz CT molecular complexity index is 1610. The number of hydrogen-bond donors (Lipinski definition) is 2. The number of nitrogen functional groups attached to an aromatic ring is 1. The number of hydrogen-bond acceptors (Lipinski definition) is 10. The van der Waals surface area contributed by atoms with Gasteiger partial charge >= 0.3 is 0 Å². The van der Waals surface area contributed by atoms with E-state index in [-0.39, 0.29) is 40.4 Å². The van der Waals surface area contributed by atoms with Gasteiger partial charge in [-0.3, -0.25) is 0 Å². The van der Waals surface area contributed by atoms with Crippen molar-refractivity contribution in [1.29, 1.82) is 0 Å². The first-order valence-corrected chi connectivity index (χ1v) is 14.5. The predicted molar refractivity (Wildman–Crippen MR) is 145 cm³/mol. The summed E-state index contributed by atoms with van der Waals surface area (Å²) in [7, 11) is -3.48. The average Bonchev–Trinajstić information content (AvgIpc) is 3.76. The van der Waals surface area contributed by atoms with Crippen LogP contribution in [0.15, 0.2) is 64.1 Å².